The lowest BCUT2D eigenvalue weighted by Crippen LogP contribution is -2.47. The van der Waals surface area contributed by atoms with Gasteiger partial charge in [0, 0.05) is 32.7 Å². The van der Waals surface area contributed by atoms with Gasteiger partial charge in [0.15, 0.2) is 0 Å². The fraction of sp³-hybridized carbons (Fsp3) is 0.562. The molecule has 5 heteroatoms. The summed E-state index contributed by atoms with van der Waals surface area (Å²) < 4.78 is 5.72. The molecule has 0 saturated carbocycles. The number of carbonyl (C=O) groups is 1. The number of benzene rings is 1. The third kappa shape index (κ3) is 5.36. The lowest BCUT2D eigenvalue weighted by Gasteiger charge is -2.33. The molecule has 0 bridgehead atoms. The van der Waals surface area contributed by atoms with E-state index in [1.807, 2.05) is 24.3 Å². The summed E-state index contributed by atoms with van der Waals surface area (Å²) in [5, 5.41) is 8.72. The lowest BCUT2D eigenvalue weighted by molar-refractivity contribution is -0.136. The van der Waals surface area contributed by atoms with Gasteiger partial charge < -0.3 is 14.7 Å². The molecule has 1 fully saturated rings. The number of hydrogen-bond acceptors (Lipinski definition) is 4. The normalized spacial score (nSPS) is 16.8. The Balaban J connectivity index is 1.68. The van der Waals surface area contributed by atoms with Crippen LogP contribution in [-0.4, -0.2) is 66.8 Å². The molecule has 116 valence electrons. The highest BCUT2D eigenvalue weighted by molar-refractivity contribution is 5.70. The largest absolute Gasteiger partial charge is 0.492 e. The van der Waals surface area contributed by atoms with E-state index in [1.165, 1.54) is 0 Å². The average Bonchev–Trinajstić information content (AvgIpc) is 2.49. The van der Waals surface area contributed by atoms with Crippen LogP contribution in [0.2, 0.25) is 0 Å². The molecule has 1 aromatic rings. The summed E-state index contributed by atoms with van der Waals surface area (Å²) in [5.41, 5.74) is 0.797. The van der Waals surface area contributed by atoms with Gasteiger partial charge in [0.25, 0.3) is 0 Å². The molecule has 1 aromatic carbocycles. The fourth-order valence-electron chi connectivity index (χ4n) is 2.50. The predicted octanol–water partition coefficient (Wildman–Crippen LogP) is 1.33. The highest BCUT2D eigenvalue weighted by Crippen LogP contribution is 2.12. The summed E-state index contributed by atoms with van der Waals surface area (Å²) in [4.78, 5) is 15.5. The van der Waals surface area contributed by atoms with Gasteiger partial charge in [-0.15, -0.1) is 0 Å². The summed E-state index contributed by atoms with van der Waals surface area (Å²) in [6, 6.07) is 7.30. The van der Waals surface area contributed by atoms with Crippen molar-refractivity contribution in [3.8, 4) is 5.75 Å². The maximum Gasteiger partial charge on any atom is 0.307 e. The minimum absolute atomic E-state index is 0.0575. The van der Waals surface area contributed by atoms with E-state index in [9.17, 15) is 4.79 Å². The second-order valence-corrected chi connectivity index (χ2v) is 5.34. The Kier molecular flexibility index (Phi) is 6.02. The van der Waals surface area contributed by atoms with E-state index in [2.05, 4.69) is 16.7 Å². The Labute approximate surface area is 126 Å². The average molecular weight is 292 g/mol. The zero-order valence-corrected chi connectivity index (χ0v) is 12.6. The van der Waals surface area contributed by atoms with Gasteiger partial charge >= 0.3 is 5.97 Å². The van der Waals surface area contributed by atoms with E-state index in [1.54, 1.807) is 0 Å². The first-order valence-electron chi connectivity index (χ1n) is 7.55. The Hall–Kier alpha value is -1.59. The number of carboxylic acid groups (broad SMARTS) is 1. The molecule has 0 amide bonds. The van der Waals surface area contributed by atoms with Crippen LogP contribution < -0.4 is 4.74 Å². The monoisotopic (exact) mass is 292 g/mol. The van der Waals surface area contributed by atoms with Crippen molar-refractivity contribution in [2.24, 2.45) is 0 Å². The summed E-state index contributed by atoms with van der Waals surface area (Å²) in [6.07, 6.45) is 0.0575. The first kappa shape index (κ1) is 15.8. The number of likely N-dealkylation sites (N-methyl/N-ethyl adjacent to an activating group) is 1. The van der Waals surface area contributed by atoms with Crippen LogP contribution in [0.15, 0.2) is 24.3 Å². The van der Waals surface area contributed by atoms with Crippen LogP contribution in [0, 0.1) is 0 Å². The van der Waals surface area contributed by atoms with Crippen molar-refractivity contribution in [3.63, 3.8) is 0 Å². The summed E-state index contributed by atoms with van der Waals surface area (Å²) in [7, 11) is 0. The standard InChI is InChI=1S/C16H24N2O3/c1-2-17-7-9-18(10-8-17)11-12-21-15-5-3-14(4-6-15)13-16(19)20/h3-6H,2,7-13H2,1H3,(H,19,20). The molecule has 1 N–H and O–H groups in total. The first-order chi connectivity index (χ1) is 10.2. The summed E-state index contributed by atoms with van der Waals surface area (Å²) in [6.45, 7) is 9.43. The molecular weight excluding hydrogens is 268 g/mol. The molecule has 1 heterocycles. The molecule has 5 nitrogen and oxygen atoms in total. The van der Waals surface area contributed by atoms with Crippen LogP contribution in [0.1, 0.15) is 12.5 Å². The fourth-order valence-corrected chi connectivity index (χ4v) is 2.50. The molecule has 0 aliphatic carbocycles. The van der Waals surface area contributed by atoms with Crippen LogP contribution in [0.25, 0.3) is 0 Å². The molecule has 0 radical (unpaired) electrons. The highest BCUT2D eigenvalue weighted by Gasteiger charge is 2.14. The SMILES string of the molecule is CCN1CCN(CCOc2ccc(CC(=O)O)cc2)CC1. The zero-order chi connectivity index (χ0) is 15.1. The van der Waals surface area contributed by atoms with Gasteiger partial charge in [0.1, 0.15) is 12.4 Å². The maximum atomic E-state index is 10.6. The third-order valence-corrected chi connectivity index (χ3v) is 3.87. The second-order valence-electron chi connectivity index (χ2n) is 5.34. The van der Waals surface area contributed by atoms with Crippen LogP contribution in [0.5, 0.6) is 5.75 Å². The molecule has 2 rings (SSSR count). The van der Waals surface area contributed by atoms with E-state index in [4.69, 9.17) is 9.84 Å². The molecule has 1 aliphatic rings. The predicted molar refractivity (Wildman–Crippen MR) is 81.8 cm³/mol. The Morgan fingerprint density at radius 3 is 2.33 bits per heavy atom. The Morgan fingerprint density at radius 1 is 1.14 bits per heavy atom. The van der Waals surface area contributed by atoms with Crippen LogP contribution in [-0.2, 0) is 11.2 Å². The van der Waals surface area contributed by atoms with E-state index in [0.29, 0.717) is 6.61 Å². The molecule has 0 atom stereocenters. The van der Waals surface area contributed by atoms with Crippen LogP contribution >= 0.6 is 0 Å². The van der Waals surface area contributed by atoms with Gasteiger partial charge in [-0.2, -0.15) is 0 Å². The van der Waals surface area contributed by atoms with Crippen LogP contribution in [0.3, 0.4) is 0 Å². The molecule has 1 aliphatic heterocycles. The second kappa shape index (κ2) is 8.00. The van der Waals surface area contributed by atoms with Crippen molar-refractivity contribution in [1.29, 1.82) is 0 Å². The molecule has 21 heavy (non-hydrogen) atoms. The number of carboxylic acids is 1. The topological polar surface area (TPSA) is 53.0 Å². The minimum atomic E-state index is -0.810. The van der Waals surface area contributed by atoms with E-state index >= 15 is 0 Å². The van der Waals surface area contributed by atoms with E-state index in [-0.39, 0.29) is 6.42 Å². The molecule has 0 aromatic heterocycles. The number of ether oxygens (including phenoxy) is 1. The molecular formula is C16H24N2O3. The molecule has 1 saturated heterocycles. The third-order valence-electron chi connectivity index (χ3n) is 3.87. The number of aliphatic carboxylic acids is 1. The Bertz CT molecular complexity index is 439. The van der Waals surface area contributed by atoms with Crippen molar-refractivity contribution < 1.29 is 14.6 Å². The van der Waals surface area contributed by atoms with Gasteiger partial charge in [-0.05, 0) is 24.2 Å². The zero-order valence-electron chi connectivity index (χ0n) is 12.6. The quantitative estimate of drug-likeness (QED) is 0.821. The van der Waals surface area contributed by atoms with Crippen molar-refractivity contribution in [3.05, 3.63) is 29.8 Å². The maximum absolute atomic E-state index is 10.6. The summed E-state index contributed by atoms with van der Waals surface area (Å²) >= 11 is 0. The van der Waals surface area contributed by atoms with Gasteiger partial charge in [0.05, 0.1) is 6.42 Å². The first-order valence-corrected chi connectivity index (χ1v) is 7.55. The minimum Gasteiger partial charge on any atom is -0.492 e. The van der Waals surface area contributed by atoms with Crippen molar-refractivity contribution in [2.75, 3.05) is 45.9 Å². The highest BCUT2D eigenvalue weighted by atomic mass is 16.5. The van der Waals surface area contributed by atoms with Gasteiger partial charge in [-0.3, -0.25) is 9.69 Å². The van der Waals surface area contributed by atoms with Crippen LogP contribution in [0.4, 0.5) is 0 Å². The number of nitrogens with zero attached hydrogens (tertiary/aromatic N) is 2. The van der Waals surface area contributed by atoms with E-state index in [0.717, 1.165) is 50.6 Å². The van der Waals surface area contributed by atoms with Crippen molar-refractivity contribution in [1.82, 2.24) is 9.80 Å². The van der Waals surface area contributed by atoms with Crippen molar-refractivity contribution in [2.45, 2.75) is 13.3 Å². The number of rotatable bonds is 7. The smallest absolute Gasteiger partial charge is 0.307 e. The van der Waals surface area contributed by atoms with Crippen molar-refractivity contribution >= 4 is 5.97 Å². The van der Waals surface area contributed by atoms with Gasteiger partial charge in [0.2, 0.25) is 0 Å². The van der Waals surface area contributed by atoms with Gasteiger partial charge in [-0.25, -0.2) is 0 Å². The van der Waals surface area contributed by atoms with E-state index < -0.39 is 5.97 Å². The van der Waals surface area contributed by atoms with Gasteiger partial charge in [-0.1, -0.05) is 19.1 Å². The molecule has 0 spiro atoms. The molecule has 0 unspecified atom stereocenters. The summed E-state index contributed by atoms with van der Waals surface area (Å²) in [5.74, 6) is -0.00813. The number of piperazine rings is 1. The number of hydrogen-bond donors (Lipinski definition) is 1. The lowest BCUT2D eigenvalue weighted by atomic mass is 10.1. The Morgan fingerprint density at radius 2 is 1.76 bits per heavy atom.